The fourth-order valence-corrected chi connectivity index (χ4v) is 3.83. The first-order chi connectivity index (χ1) is 8.11. The molecule has 1 heterocycles. The van der Waals surface area contributed by atoms with Crippen LogP contribution in [-0.2, 0) is 9.53 Å². The third kappa shape index (κ3) is 3.36. The molecule has 1 saturated heterocycles. The fraction of sp³-hybridized carbons (Fsp3) is 0.917. The monoisotopic (exact) mass is 259 g/mol. The van der Waals surface area contributed by atoms with Crippen LogP contribution < -0.4 is 5.73 Å². The summed E-state index contributed by atoms with van der Waals surface area (Å²) in [7, 11) is 0. The van der Waals surface area contributed by atoms with Crippen LogP contribution in [-0.4, -0.2) is 40.3 Å². The normalized spacial score (nSPS) is 28.6. The first-order valence-corrected chi connectivity index (χ1v) is 7.51. The standard InChI is InChI=1S/C12H21NO3S/c13-10(11(14)15)8-17-7-9-3-6-12(16-9)4-1-2-5-12/h9-10H,1-8,13H2,(H,14,15)/t9?,10-/m0/s1. The molecule has 0 aromatic heterocycles. The van der Waals surface area contributed by atoms with Crippen LogP contribution in [0.4, 0.5) is 0 Å². The van der Waals surface area contributed by atoms with Crippen molar-refractivity contribution in [1.82, 2.24) is 0 Å². The first-order valence-electron chi connectivity index (χ1n) is 6.35. The van der Waals surface area contributed by atoms with E-state index in [1.54, 1.807) is 11.8 Å². The van der Waals surface area contributed by atoms with Gasteiger partial charge in [0.1, 0.15) is 6.04 Å². The van der Waals surface area contributed by atoms with Gasteiger partial charge in [-0.3, -0.25) is 4.79 Å². The average molecular weight is 259 g/mol. The van der Waals surface area contributed by atoms with Crippen LogP contribution in [0.2, 0.25) is 0 Å². The maximum atomic E-state index is 10.6. The molecule has 2 rings (SSSR count). The van der Waals surface area contributed by atoms with E-state index >= 15 is 0 Å². The molecule has 2 fully saturated rings. The molecule has 0 aromatic rings. The Morgan fingerprint density at radius 3 is 2.82 bits per heavy atom. The van der Waals surface area contributed by atoms with Crippen LogP contribution in [0.1, 0.15) is 38.5 Å². The second kappa shape index (κ2) is 5.59. The lowest BCUT2D eigenvalue weighted by atomic mass is 9.98. The minimum absolute atomic E-state index is 0.181. The van der Waals surface area contributed by atoms with Crippen molar-refractivity contribution in [2.75, 3.05) is 11.5 Å². The number of thioether (sulfide) groups is 1. The largest absolute Gasteiger partial charge is 0.480 e. The molecular weight excluding hydrogens is 238 g/mol. The summed E-state index contributed by atoms with van der Waals surface area (Å²) in [6, 6.07) is -0.748. The number of carboxylic acid groups (broad SMARTS) is 1. The number of rotatable bonds is 5. The van der Waals surface area contributed by atoms with E-state index in [0.717, 1.165) is 12.2 Å². The zero-order valence-electron chi connectivity index (χ0n) is 10.1. The molecule has 1 aliphatic heterocycles. The van der Waals surface area contributed by atoms with Crippen LogP contribution in [0.25, 0.3) is 0 Å². The van der Waals surface area contributed by atoms with Gasteiger partial charge in [0.25, 0.3) is 0 Å². The average Bonchev–Trinajstić information content (AvgIpc) is 2.90. The number of carboxylic acids is 1. The predicted octanol–water partition coefficient (Wildman–Crippen LogP) is 1.62. The van der Waals surface area contributed by atoms with E-state index in [1.807, 2.05) is 0 Å². The smallest absolute Gasteiger partial charge is 0.321 e. The Morgan fingerprint density at radius 2 is 2.18 bits per heavy atom. The van der Waals surface area contributed by atoms with E-state index in [1.165, 1.54) is 32.1 Å². The zero-order chi connectivity index (χ0) is 12.3. The molecule has 0 amide bonds. The molecular formula is C12H21NO3S. The summed E-state index contributed by atoms with van der Waals surface area (Å²) in [5.41, 5.74) is 5.64. The van der Waals surface area contributed by atoms with Crippen molar-refractivity contribution in [2.45, 2.75) is 56.3 Å². The van der Waals surface area contributed by atoms with E-state index in [9.17, 15) is 4.79 Å². The lowest BCUT2D eigenvalue weighted by Gasteiger charge is -2.23. The molecule has 1 aliphatic carbocycles. The Morgan fingerprint density at radius 1 is 1.47 bits per heavy atom. The van der Waals surface area contributed by atoms with Gasteiger partial charge in [-0.25, -0.2) is 0 Å². The molecule has 0 bridgehead atoms. The number of nitrogens with two attached hydrogens (primary N) is 1. The zero-order valence-corrected chi connectivity index (χ0v) is 10.9. The van der Waals surface area contributed by atoms with Crippen molar-refractivity contribution >= 4 is 17.7 Å². The molecule has 0 radical (unpaired) electrons. The molecule has 98 valence electrons. The highest BCUT2D eigenvalue weighted by Crippen LogP contribution is 2.43. The molecule has 17 heavy (non-hydrogen) atoms. The summed E-state index contributed by atoms with van der Waals surface area (Å²) in [5.74, 6) is 0.433. The van der Waals surface area contributed by atoms with Gasteiger partial charge in [0.05, 0.1) is 11.7 Å². The van der Waals surface area contributed by atoms with Gasteiger partial charge in [0.2, 0.25) is 0 Å². The van der Waals surface area contributed by atoms with Crippen LogP contribution in [0.15, 0.2) is 0 Å². The Kier molecular flexibility index (Phi) is 4.33. The highest BCUT2D eigenvalue weighted by Gasteiger charge is 2.41. The summed E-state index contributed by atoms with van der Waals surface area (Å²) in [5, 5.41) is 8.67. The van der Waals surface area contributed by atoms with Gasteiger partial charge in [0.15, 0.2) is 0 Å². The van der Waals surface area contributed by atoms with Crippen molar-refractivity contribution < 1.29 is 14.6 Å². The highest BCUT2D eigenvalue weighted by molar-refractivity contribution is 7.99. The summed E-state index contributed by atoms with van der Waals surface area (Å²) in [6.45, 7) is 0. The van der Waals surface area contributed by atoms with Gasteiger partial charge in [-0.15, -0.1) is 0 Å². The van der Waals surface area contributed by atoms with Crippen LogP contribution in [0, 0.1) is 0 Å². The SMILES string of the molecule is N[C@@H](CSCC1CCC2(CCCC2)O1)C(=O)O. The Labute approximate surface area is 106 Å². The summed E-state index contributed by atoms with van der Waals surface area (Å²) in [4.78, 5) is 10.6. The number of aliphatic carboxylic acids is 1. The molecule has 2 atom stereocenters. The third-order valence-corrected chi connectivity index (χ3v) is 4.97. The number of hydrogen-bond acceptors (Lipinski definition) is 4. The highest BCUT2D eigenvalue weighted by atomic mass is 32.2. The van der Waals surface area contributed by atoms with Crippen LogP contribution >= 0.6 is 11.8 Å². The van der Waals surface area contributed by atoms with Crippen molar-refractivity contribution in [3.8, 4) is 0 Å². The van der Waals surface area contributed by atoms with Crippen LogP contribution in [0.5, 0.6) is 0 Å². The third-order valence-electron chi connectivity index (χ3n) is 3.77. The molecule has 1 unspecified atom stereocenters. The van der Waals surface area contributed by atoms with Crippen molar-refractivity contribution in [1.29, 1.82) is 0 Å². The summed E-state index contributed by atoms with van der Waals surface area (Å²) in [6.07, 6.45) is 7.62. The summed E-state index contributed by atoms with van der Waals surface area (Å²) < 4.78 is 6.14. The van der Waals surface area contributed by atoms with Gasteiger partial charge in [-0.2, -0.15) is 11.8 Å². The quantitative estimate of drug-likeness (QED) is 0.785. The van der Waals surface area contributed by atoms with Crippen LogP contribution in [0.3, 0.4) is 0 Å². The lowest BCUT2D eigenvalue weighted by molar-refractivity contribution is -0.137. The van der Waals surface area contributed by atoms with E-state index in [-0.39, 0.29) is 5.60 Å². The van der Waals surface area contributed by atoms with E-state index in [0.29, 0.717) is 11.9 Å². The molecule has 2 aliphatic rings. The topological polar surface area (TPSA) is 72.5 Å². The second-order valence-corrected chi connectivity index (χ2v) is 6.23. The first kappa shape index (κ1) is 13.2. The number of carbonyl (C=O) groups is 1. The molecule has 3 N–H and O–H groups in total. The molecule has 0 aromatic carbocycles. The predicted molar refractivity (Wildman–Crippen MR) is 68.2 cm³/mol. The van der Waals surface area contributed by atoms with Crippen molar-refractivity contribution in [2.24, 2.45) is 5.73 Å². The molecule has 5 heteroatoms. The second-order valence-electron chi connectivity index (χ2n) is 5.15. The molecule has 1 saturated carbocycles. The maximum Gasteiger partial charge on any atom is 0.321 e. The molecule has 4 nitrogen and oxygen atoms in total. The van der Waals surface area contributed by atoms with Gasteiger partial charge >= 0.3 is 5.97 Å². The summed E-state index contributed by atoms with van der Waals surface area (Å²) >= 11 is 1.60. The van der Waals surface area contributed by atoms with E-state index < -0.39 is 12.0 Å². The Hall–Kier alpha value is -0.260. The van der Waals surface area contributed by atoms with Crippen molar-refractivity contribution in [3.63, 3.8) is 0 Å². The molecule has 1 spiro atoms. The maximum absolute atomic E-state index is 10.6. The van der Waals surface area contributed by atoms with E-state index in [2.05, 4.69) is 0 Å². The van der Waals surface area contributed by atoms with Gasteiger partial charge in [-0.1, -0.05) is 12.8 Å². The fourth-order valence-electron chi connectivity index (χ4n) is 2.80. The Bertz CT molecular complexity index is 279. The number of hydrogen-bond donors (Lipinski definition) is 2. The van der Waals surface area contributed by atoms with Gasteiger partial charge < -0.3 is 15.6 Å². The Balaban J connectivity index is 1.66. The van der Waals surface area contributed by atoms with Crippen molar-refractivity contribution in [3.05, 3.63) is 0 Å². The van der Waals surface area contributed by atoms with E-state index in [4.69, 9.17) is 15.6 Å². The minimum atomic E-state index is -0.919. The van der Waals surface area contributed by atoms with Gasteiger partial charge in [-0.05, 0) is 25.7 Å². The number of ether oxygens (including phenoxy) is 1. The van der Waals surface area contributed by atoms with Gasteiger partial charge in [0, 0.05) is 11.5 Å². The lowest BCUT2D eigenvalue weighted by Crippen LogP contribution is -2.33. The minimum Gasteiger partial charge on any atom is -0.480 e.